The topological polar surface area (TPSA) is 52.2 Å². The van der Waals surface area contributed by atoms with Crippen molar-refractivity contribution in [3.05, 3.63) is 30.0 Å². The third-order valence-electron chi connectivity index (χ3n) is 5.92. The molecule has 5 heteroatoms. The van der Waals surface area contributed by atoms with E-state index in [9.17, 15) is 4.79 Å². The summed E-state index contributed by atoms with van der Waals surface area (Å²) in [6.45, 7) is 8.73. The second-order valence-electron chi connectivity index (χ2n) is 7.35. The molecule has 2 aliphatic heterocycles. The van der Waals surface area contributed by atoms with Crippen LogP contribution in [0.3, 0.4) is 0 Å². The highest BCUT2D eigenvalue weighted by Crippen LogP contribution is 2.36. The number of benzene rings is 1. The van der Waals surface area contributed by atoms with Gasteiger partial charge in [-0.05, 0) is 43.8 Å². The number of rotatable bonds is 3. The molecule has 128 valence electrons. The van der Waals surface area contributed by atoms with Crippen molar-refractivity contribution in [1.29, 1.82) is 0 Å². The summed E-state index contributed by atoms with van der Waals surface area (Å²) in [5.41, 5.74) is 1.51. The fourth-order valence-electron chi connectivity index (χ4n) is 4.49. The monoisotopic (exact) mass is 326 g/mol. The maximum absolute atomic E-state index is 13.2. The number of likely N-dealkylation sites (tertiary alicyclic amines) is 2. The number of H-pyrrole nitrogens is 1. The van der Waals surface area contributed by atoms with E-state index in [1.165, 1.54) is 19.4 Å². The third kappa shape index (κ3) is 2.51. The molecule has 4 rings (SSSR count). The van der Waals surface area contributed by atoms with E-state index in [0.29, 0.717) is 23.6 Å². The molecule has 5 nitrogen and oxygen atoms in total. The van der Waals surface area contributed by atoms with E-state index in [4.69, 9.17) is 0 Å². The lowest BCUT2D eigenvalue weighted by Gasteiger charge is -2.32. The predicted molar refractivity (Wildman–Crippen MR) is 94.9 cm³/mol. The Morgan fingerprint density at radius 1 is 1.33 bits per heavy atom. The Labute approximate surface area is 143 Å². The molecular weight excluding hydrogens is 300 g/mol. The van der Waals surface area contributed by atoms with Gasteiger partial charge in [0, 0.05) is 24.5 Å². The van der Waals surface area contributed by atoms with Crippen molar-refractivity contribution in [3.63, 3.8) is 0 Å². The average Bonchev–Trinajstić information content (AvgIpc) is 3.09. The largest absolute Gasteiger partial charge is 0.332 e. The van der Waals surface area contributed by atoms with E-state index in [1.807, 2.05) is 24.3 Å². The van der Waals surface area contributed by atoms with Gasteiger partial charge < -0.3 is 9.80 Å². The molecular formula is C19H26N4O. The van der Waals surface area contributed by atoms with Crippen molar-refractivity contribution >= 4 is 16.8 Å². The number of carbonyl (C=O) groups is 1. The van der Waals surface area contributed by atoms with Crippen LogP contribution in [0, 0.1) is 11.8 Å². The molecule has 3 heterocycles. The number of fused-ring (bicyclic) bond motifs is 3. The van der Waals surface area contributed by atoms with Gasteiger partial charge in [-0.3, -0.25) is 9.89 Å². The van der Waals surface area contributed by atoms with E-state index in [-0.39, 0.29) is 5.91 Å². The molecule has 2 fully saturated rings. The molecule has 1 aromatic heterocycles. The lowest BCUT2D eigenvalue weighted by Crippen LogP contribution is -2.46. The standard InChI is InChI=1S/C19H26N4O/c1-3-9-22-10-8-14-11-23(17(12-22)13(14)2)19(24)18-15-6-4-5-7-16(15)20-21-18/h4-7,13-14,17H,3,8-12H2,1-2H3,(H,20,21). The zero-order valence-corrected chi connectivity index (χ0v) is 14.5. The van der Waals surface area contributed by atoms with Crippen molar-refractivity contribution in [2.24, 2.45) is 11.8 Å². The Morgan fingerprint density at radius 3 is 3.00 bits per heavy atom. The second kappa shape index (κ2) is 6.20. The second-order valence-corrected chi connectivity index (χ2v) is 7.35. The minimum atomic E-state index is 0.0881. The number of amides is 1. The Balaban J connectivity index is 1.62. The lowest BCUT2D eigenvalue weighted by molar-refractivity contribution is 0.0663. The molecule has 1 aromatic carbocycles. The number of nitrogens with one attached hydrogen (secondary N) is 1. The van der Waals surface area contributed by atoms with E-state index < -0.39 is 0 Å². The summed E-state index contributed by atoms with van der Waals surface area (Å²) >= 11 is 0. The summed E-state index contributed by atoms with van der Waals surface area (Å²) in [4.78, 5) is 17.8. The normalized spacial score (nSPS) is 27.6. The average molecular weight is 326 g/mol. The maximum atomic E-state index is 13.2. The zero-order valence-electron chi connectivity index (χ0n) is 14.5. The summed E-state index contributed by atoms with van der Waals surface area (Å²) < 4.78 is 0. The van der Waals surface area contributed by atoms with Crippen molar-refractivity contribution in [2.75, 3.05) is 26.2 Å². The van der Waals surface area contributed by atoms with Crippen LogP contribution in [0.25, 0.3) is 10.9 Å². The van der Waals surface area contributed by atoms with Crippen LogP contribution in [0.15, 0.2) is 24.3 Å². The molecule has 3 unspecified atom stereocenters. The van der Waals surface area contributed by atoms with E-state index in [2.05, 4.69) is 33.8 Å². The highest BCUT2D eigenvalue weighted by atomic mass is 16.2. The molecule has 0 aliphatic carbocycles. The lowest BCUT2D eigenvalue weighted by atomic mass is 9.91. The van der Waals surface area contributed by atoms with Gasteiger partial charge in [-0.15, -0.1) is 0 Å². The van der Waals surface area contributed by atoms with Crippen LogP contribution in [0.5, 0.6) is 0 Å². The van der Waals surface area contributed by atoms with Crippen molar-refractivity contribution in [1.82, 2.24) is 20.0 Å². The summed E-state index contributed by atoms with van der Waals surface area (Å²) in [5, 5.41) is 8.26. The molecule has 1 amide bonds. The summed E-state index contributed by atoms with van der Waals surface area (Å²) in [7, 11) is 0. The number of nitrogens with zero attached hydrogens (tertiary/aromatic N) is 3. The van der Waals surface area contributed by atoms with Crippen LogP contribution in [0.2, 0.25) is 0 Å². The van der Waals surface area contributed by atoms with Gasteiger partial charge in [-0.25, -0.2) is 0 Å². The first-order chi connectivity index (χ1) is 11.7. The van der Waals surface area contributed by atoms with E-state index >= 15 is 0 Å². The number of aromatic amines is 1. The van der Waals surface area contributed by atoms with Gasteiger partial charge in [0.2, 0.25) is 0 Å². The predicted octanol–water partition coefficient (Wildman–Crippen LogP) is 2.76. The van der Waals surface area contributed by atoms with Gasteiger partial charge in [0.1, 0.15) is 0 Å². The molecule has 0 saturated carbocycles. The van der Waals surface area contributed by atoms with Crippen LogP contribution in [-0.2, 0) is 0 Å². The summed E-state index contributed by atoms with van der Waals surface area (Å²) in [5.74, 6) is 1.28. The van der Waals surface area contributed by atoms with Crippen molar-refractivity contribution in [3.8, 4) is 0 Å². The quantitative estimate of drug-likeness (QED) is 0.943. The third-order valence-corrected chi connectivity index (χ3v) is 5.92. The molecule has 2 aliphatic rings. The van der Waals surface area contributed by atoms with Gasteiger partial charge in [0.05, 0.1) is 5.52 Å². The molecule has 2 bridgehead atoms. The van der Waals surface area contributed by atoms with Gasteiger partial charge in [-0.1, -0.05) is 32.0 Å². The van der Waals surface area contributed by atoms with Gasteiger partial charge in [0.15, 0.2) is 5.69 Å². The first-order valence-electron chi connectivity index (χ1n) is 9.15. The van der Waals surface area contributed by atoms with Crippen LogP contribution >= 0.6 is 0 Å². The molecule has 1 N–H and O–H groups in total. The number of carbonyl (C=O) groups excluding carboxylic acids is 1. The molecule has 2 saturated heterocycles. The fraction of sp³-hybridized carbons (Fsp3) is 0.579. The fourth-order valence-corrected chi connectivity index (χ4v) is 4.49. The highest BCUT2D eigenvalue weighted by molar-refractivity contribution is 6.04. The molecule has 2 aromatic rings. The van der Waals surface area contributed by atoms with Crippen molar-refractivity contribution < 1.29 is 4.79 Å². The SMILES string of the molecule is CCCN1CCC2CN(C(=O)c3n[nH]c4ccccc34)C(C1)C2C. The maximum Gasteiger partial charge on any atom is 0.275 e. The van der Waals surface area contributed by atoms with E-state index in [0.717, 1.165) is 30.5 Å². The van der Waals surface area contributed by atoms with Gasteiger partial charge in [-0.2, -0.15) is 5.10 Å². The number of aromatic nitrogens is 2. The molecule has 0 radical (unpaired) electrons. The van der Waals surface area contributed by atoms with E-state index in [1.54, 1.807) is 0 Å². The van der Waals surface area contributed by atoms with Crippen molar-refractivity contribution in [2.45, 2.75) is 32.7 Å². The zero-order chi connectivity index (χ0) is 16.7. The number of para-hydroxylation sites is 1. The first kappa shape index (κ1) is 15.6. The van der Waals surface area contributed by atoms with Crippen LogP contribution < -0.4 is 0 Å². The minimum absolute atomic E-state index is 0.0881. The van der Waals surface area contributed by atoms with Crippen LogP contribution in [0.4, 0.5) is 0 Å². The Bertz CT molecular complexity index is 740. The minimum Gasteiger partial charge on any atom is -0.332 e. The number of hydrogen-bond donors (Lipinski definition) is 1. The highest BCUT2D eigenvalue weighted by Gasteiger charge is 2.44. The summed E-state index contributed by atoms with van der Waals surface area (Å²) in [6.07, 6.45) is 2.37. The van der Waals surface area contributed by atoms with Crippen LogP contribution in [-0.4, -0.2) is 58.1 Å². The number of hydrogen-bond acceptors (Lipinski definition) is 3. The Kier molecular flexibility index (Phi) is 4.04. The molecule has 0 spiro atoms. The smallest absolute Gasteiger partial charge is 0.275 e. The summed E-state index contributed by atoms with van der Waals surface area (Å²) in [6, 6.07) is 8.19. The Morgan fingerprint density at radius 2 is 2.17 bits per heavy atom. The van der Waals surface area contributed by atoms with Gasteiger partial charge >= 0.3 is 0 Å². The molecule has 3 atom stereocenters. The van der Waals surface area contributed by atoms with Gasteiger partial charge in [0.25, 0.3) is 5.91 Å². The molecule has 24 heavy (non-hydrogen) atoms. The van der Waals surface area contributed by atoms with Crippen LogP contribution in [0.1, 0.15) is 37.2 Å². The Hall–Kier alpha value is -1.88. The first-order valence-corrected chi connectivity index (χ1v) is 9.15.